The average Bonchev–Trinajstić information content (AvgIpc) is 3.54. The SMILES string of the molecule is COc1cnc2c(ccn2COCC[S+](C)C)c1-c1ccnc(C2(CNC(=O)OC(C)(C)C)Cc3ccccc3C2)c1. The van der Waals surface area contributed by atoms with Crippen LogP contribution in [0.3, 0.4) is 0 Å². The molecule has 1 aromatic carbocycles. The van der Waals surface area contributed by atoms with Gasteiger partial charge in [-0.3, -0.25) is 4.98 Å². The summed E-state index contributed by atoms with van der Waals surface area (Å²) in [6.45, 7) is 7.17. The van der Waals surface area contributed by atoms with Crippen LogP contribution >= 0.6 is 0 Å². The van der Waals surface area contributed by atoms with Crippen molar-refractivity contribution in [1.82, 2.24) is 19.9 Å². The summed E-state index contributed by atoms with van der Waals surface area (Å²) in [5, 5.41) is 4.03. The Bertz CT molecular complexity index is 1530. The summed E-state index contributed by atoms with van der Waals surface area (Å²) < 4.78 is 19.4. The van der Waals surface area contributed by atoms with Crippen LogP contribution in [0.5, 0.6) is 5.75 Å². The standard InChI is InChI=1S/C33H40N4O4S/c1-32(2,3)41-31(38)36-21-33(18-24-9-7-8-10-25(24)19-33)28-17-23(11-13-34-28)29-26-12-14-37(22-40-15-16-42(5)6)30(26)35-20-27(29)39-4/h7-14,17,20H,15-16,18-19,21-22H2,1-6H3/p+1. The van der Waals surface area contributed by atoms with Gasteiger partial charge in [0, 0.05) is 41.0 Å². The zero-order valence-corrected chi connectivity index (χ0v) is 26.2. The summed E-state index contributed by atoms with van der Waals surface area (Å²) in [7, 11) is 2.01. The zero-order valence-electron chi connectivity index (χ0n) is 25.4. The normalized spacial score (nSPS) is 14.3. The minimum absolute atomic E-state index is 0.344. The number of aromatic nitrogens is 3. The number of nitrogens with one attached hydrogen (secondary N) is 1. The van der Waals surface area contributed by atoms with Gasteiger partial charge in [0.1, 0.15) is 29.5 Å². The van der Waals surface area contributed by atoms with Crippen LogP contribution in [0.15, 0.2) is 61.1 Å². The highest BCUT2D eigenvalue weighted by atomic mass is 32.2. The number of methoxy groups -OCH3 is 1. The van der Waals surface area contributed by atoms with E-state index < -0.39 is 17.1 Å². The third-order valence-electron chi connectivity index (χ3n) is 7.58. The Balaban J connectivity index is 1.50. The lowest BCUT2D eigenvalue weighted by atomic mass is 9.80. The number of hydrogen-bond donors (Lipinski definition) is 1. The van der Waals surface area contributed by atoms with Gasteiger partial charge in [0.15, 0.2) is 0 Å². The Morgan fingerprint density at radius 1 is 1.10 bits per heavy atom. The van der Waals surface area contributed by atoms with E-state index in [1.54, 1.807) is 13.3 Å². The molecule has 0 radical (unpaired) electrons. The number of amides is 1. The highest BCUT2D eigenvalue weighted by molar-refractivity contribution is 7.95. The van der Waals surface area contributed by atoms with Crippen molar-refractivity contribution in [2.75, 3.05) is 38.5 Å². The summed E-state index contributed by atoms with van der Waals surface area (Å²) in [5.41, 5.74) is 5.24. The Morgan fingerprint density at radius 2 is 1.83 bits per heavy atom. The molecule has 0 unspecified atom stereocenters. The van der Waals surface area contributed by atoms with Crippen molar-refractivity contribution < 1.29 is 19.0 Å². The second-order valence-electron chi connectivity index (χ2n) is 12.1. The van der Waals surface area contributed by atoms with Crippen LogP contribution in [0.1, 0.15) is 37.6 Å². The number of rotatable bonds is 10. The molecule has 0 spiro atoms. The van der Waals surface area contributed by atoms with Gasteiger partial charge in [0.05, 0.1) is 32.4 Å². The average molecular weight is 590 g/mol. The molecule has 5 rings (SSSR count). The van der Waals surface area contributed by atoms with Gasteiger partial charge in [-0.1, -0.05) is 24.3 Å². The van der Waals surface area contributed by atoms with Crippen molar-refractivity contribution in [3.8, 4) is 16.9 Å². The van der Waals surface area contributed by atoms with Gasteiger partial charge in [0.2, 0.25) is 0 Å². The van der Waals surface area contributed by atoms with E-state index in [0.717, 1.165) is 46.4 Å². The molecule has 0 aliphatic heterocycles. The van der Waals surface area contributed by atoms with E-state index >= 15 is 0 Å². The molecule has 1 aliphatic carbocycles. The smallest absolute Gasteiger partial charge is 0.407 e. The lowest BCUT2D eigenvalue weighted by molar-refractivity contribution is 0.0514. The van der Waals surface area contributed by atoms with Crippen LogP contribution in [0.4, 0.5) is 4.79 Å². The number of alkyl carbamates (subject to hydrolysis) is 1. The molecule has 0 atom stereocenters. The number of carbonyl (C=O) groups is 1. The van der Waals surface area contributed by atoms with Gasteiger partial charge in [0.25, 0.3) is 0 Å². The monoisotopic (exact) mass is 589 g/mol. The van der Waals surface area contributed by atoms with Crippen molar-refractivity contribution in [3.63, 3.8) is 0 Å². The number of ether oxygens (including phenoxy) is 3. The van der Waals surface area contributed by atoms with E-state index in [9.17, 15) is 4.79 Å². The molecule has 4 aromatic rings. The molecule has 42 heavy (non-hydrogen) atoms. The Labute approximate surface area is 251 Å². The number of pyridine rings is 2. The summed E-state index contributed by atoms with van der Waals surface area (Å²) >= 11 is 0. The van der Waals surface area contributed by atoms with E-state index in [0.29, 0.717) is 36.5 Å². The van der Waals surface area contributed by atoms with Crippen LogP contribution < -0.4 is 10.1 Å². The maximum Gasteiger partial charge on any atom is 0.407 e. The van der Waals surface area contributed by atoms with Crippen LogP contribution in [0, 0.1) is 0 Å². The van der Waals surface area contributed by atoms with Crippen molar-refractivity contribution in [3.05, 3.63) is 77.9 Å². The topological polar surface area (TPSA) is 87.5 Å². The number of nitrogens with zero attached hydrogens (tertiary/aromatic N) is 3. The van der Waals surface area contributed by atoms with E-state index in [-0.39, 0.29) is 0 Å². The maximum atomic E-state index is 12.7. The minimum atomic E-state index is -0.576. The van der Waals surface area contributed by atoms with Gasteiger partial charge >= 0.3 is 6.09 Å². The number of carbonyl (C=O) groups excluding carboxylic acids is 1. The van der Waals surface area contributed by atoms with Crippen molar-refractivity contribution >= 4 is 28.0 Å². The molecular formula is C33H41N4O4S+. The molecule has 0 bridgehead atoms. The second-order valence-corrected chi connectivity index (χ2v) is 14.5. The van der Waals surface area contributed by atoms with Crippen LogP contribution in [-0.2, 0) is 45.4 Å². The van der Waals surface area contributed by atoms with Gasteiger partial charge in [-0.15, -0.1) is 0 Å². The van der Waals surface area contributed by atoms with Crippen LogP contribution in [0.25, 0.3) is 22.2 Å². The summed E-state index contributed by atoms with van der Waals surface area (Å²) in [5.74, 6) is 1.73. The summed E-state index contributed by atoms with van der Waals surface area (Å²) in [6, 6.07) is 14.7. The Hall–Kier alpha value is -3.56. The molecule has 0 saturated carbocycles. The predicted molar refractivity (Wildman–Crippen MR) is 169 cm³/mol. The fourth-order valence-electron chi connectivity index (χ4n) is 5.59. The van der Waals surface area contributed by atoms with Crippen molar-refractivity contribution in [2.24, 2.45) is 0 Å². The third-order valence-corrected chi connectivity index (χ3v) is 8.56. The number of hydrogen-bond acceptors (Lipinski definition) is 6. The molecule has 1 aliphatic rings. The maximum absolute atomic E-state index is 12.7. The number of benzene rings is 1. The largest absolute Gasteiger partial charge is 0.494 e. The molecule has 1 N–H and O–H groups in total. The molecule has 222 valence electrons. The Kier molecular flexibility index (Phi) is 8.80. The molecule has 1 amide bonds. The Morgan fingerprint density at radius 3 is 2.50 bits per heavy atom. The van der Waals surface area contributed by atoms with E-state index in [1.165, 1.54) is 11.1 Å². The van der Waals surface area contributed by atoms with Gasteiger partial charge in [-0.2, -0.15) is 0 Å². The molecule has 0 saturated heterocycles. The first kappa shape index (κ1) is 29.9. The number of fused-ring (bicyclic) bond motifs is 2. The van der Waals surface area contributed by atoms with E-state index in [4.69, 9.17) is 24.2 Å². The van der Waals surface area contributed by atoms with Crippen LogP contribution in [0.2, 0.25) is 0 Å². The summed E-state index contributed by atoms with van der Waals surface area (Å²) in [6.07, 6.45) is 11.2. The molecule has 9 heteroatoms. The first-order valence-electron chi connectivity index (χ1n) is 14.2. The molecular weight excluding hydrogens is 548 g/mol. The zero-order chi connectivity index (χ0) is 29.9. The van der Waals surface area contributed by atoms with Crippen LogP contribution in [-0.4, -0.2) is 64.8 Å². The lowest BCUT2D eigenvalue weighted by Gasteiger charge is -2.30. The molecule has 0 fully saturated rings. The highest BCUT2D eigenvalue weighted by Crippen LogP contribution is 2.42. The fourth-order valence-corrected chi connectivity index (χ4v) is 6.04. The lowest BCUT2D eigenvalue weighted by Crippen LogP contribution is -2.44. The van der Waals surface area contributed by atoms with Gasteiger partial charge < -0.3 is 24.1 Å². The highest BCUT2D eigenvalue weighted by Gasteiger charge is 2.41. The molecule has 3 aromatic heterocycles. The quantitative estimate of drug-likeness (QED) is 0.194. The predicted octanol–water partition coefficient (Wildman–Crippen LogP) is 5.52. The minimum Gasteiger partial charge on any atom is -0.494 e. The van der Waals surface area contributed by atoms with E-state index in [2.05, 4.69) is 54.2 Å². The molecule has 3 heterocycles. The van der Waals surface area contributed by atoms with Gasteiger partial charge in [-0.25, -0.2) is 9.78 Å². The van der Waals surface area contributed by atoms with E-state index in [1.807, 2.05) is 43.8 Å². The van der Waals surface area contributed by atoms with Crippen molar-refractivity contribution in [2.45, 2.75) is 51.4 Å². The van der Waals surface area contributed by atoms with Crippen molar-refractivity contribution in [1.29, 1.82) is 0 Å². The molecule has 8 nitrogen and oxygen atoms in total. The second kappa shape index (κ2) is 12.4. The fraction of sp³-hybridized carbons (Fsp3) is 0.424. The van der Waals surface area contributed by atoms with Gasteiger partial charge in [-0.05, 0) is 79.4 Å². The summed E-state index contributed by atoms with van der Waals surface area (Å²) in [4.78, 5) is 22.3. The third kappa shape index (κ3) is 6.57. The first-order valence-corrected chi connectivity index (χ1v) is 16.4. The first-order chi connectivity index (χ1) is 20.1.